The van der Waals surface area contributed by atoms with Crippen LogP contribution in [-0.4, -0.2) is 53.7 Å². The van der Waals surface area contributed by atoms with E-state index in [-0.39, 0.29) is 18.9 Å². The van der Waals surface area contributed by atoms with Gasteiger partial charge in [0, 0.05) is 12.3 Å². The molecule has 202 valence electrons. The maximum atomic E-state index is 13.1. The minimum absolute atomic E-state index is 0.0887. The Labute approximate surface area is 226 Å². The van der Waals surface area contributed by atoms with Gasteiger partial charge in [-0.15, -0.1) is 0 Å². The molecule has 0 radical (unpaired) electrons. The van der Waals surface area contributed by atoms with Gasteiger partial charge in [-0.1, -0.05) is 78.9 Å². The number of alkyl carbamates (subject to hydrolysis) is 1. The summed E-state index contributed by atoms with van der Waals surface area (Å²) in [6, 6.07) is 21.9. The molecule has 0 unspecified atom stereocenters. The van der Waals surface area contributed by atoms with E-state index in [0.29, 0.717) is 0 Å². The maximum Gasteiger partial charge on any atom is 0.407 e. The van der Waals surface area contributed by atoms with E-state index in [1.807, 2.05) is 78.9 Å². The van der Waals surface area contributed by atoms with Crippen LogP contribution in [0.3, 0.4) is 0 Å². The zero-order valence-electron chi connectivity index (χ0n) is 21.7. The summed E-state index contributed by atoms with van der Waals surface area (Å²) in [5.41, 5.74) is 5.15. The molecular formula is C30H31N3O6. The Morgan fingerprint density at radius 2 is 1.28 bits per heavy atom. The summed E-state index contributed by atoms with van der Waals surface area (Å²) >= 11 is 0. The quantitative estimate of drug-likeness (QED) is 0.319. The van der Waals surface area contributed by atoms with Gasteiger partial charge in [0.25, 0.3) is 0 Å². The third kappa shape index (κ3) is 6.62. The van der Waals surface area contributed by atoms with Crippen molar-refractivity contribution in [3.63, 3.8) is 0 Å². The number of carbonyl (C=O) groups is 4. The van der Waals surface area contributed by atoms with E-state index >= 15 is 0 Å². The summed E-state index contributed by atoms with van der Waals surface area (Å²) in [5, 5.41) is 16.5. The number of carboxylic acids is 1. The summed E-state index contributed by atoms with van der Waals surface area (Å²) in [7, 11) is 0. The second-order valence-corrected chi connectivity index (χ2v) is 9.51. The predicted octanol–water partition coefficient (Wildman–Crippen LogP) is 3.23. The fourth-order valence-corrected chi connectivity index (χ4v) is 4.62. The number of hydrogen-bond donors (Lipinski definition) is 4. The number of ether oxygens (including phenoxy) is 1. The molecule has 0 spiro atoms. The van der Waals surface area contributed by atoms with Crippen molar-refractivity contribution in [3.05, 3.63) is 95.6 Å². The van der Waals surface area contributed by atoms with Crippen LogP contribution in [0.5, 0.6) is 0 Å². The van der Waals surface area contributed by atoms with Crippen LogP contribution >= 0.6 is 0 Å². The number of carboxylic acid groups (broad SMARTS) is 1. The molecule has 0 fully saturated rings. The third-order valence-corrected chi connectivity index (χ3v) is 6.72. The van der Waals surface area contributed by atoms with Crippen molar-refractivity contribution in [2.75, 3.05) is 6.61 Å². The van der Waals surface area contributed by atoms with Crippen molar-refractivity contribution in [2.45, 2.75) is 44.3 Å². The molecule has 3 amide bonds. The van der Waals surface area contributed by atoms with E-state index in [0.717, 1.165) is 27.8 Å². The first-order valence-corrected chi connectivity index (χ1v) is 12.7. The van der Waals surface area contributed by atoms with Crippen molar-refractivity contribution in [2.24, 2.45) is 0 Å². The van der Waals surface area contributed by atoms with Gasteiger partial charge in [0.1, 0.15) is 24.7 Å². The molecule has 0 saturated carbocycles. The first kappa shape index (κ1) is 27.4. The molecule has 0 heterocycles. The van der Waals surface area contributed by atoms with Crippen molar-refractivity contribution in [3.8, 4) is 11.1 Å². The van der Waals surface area contributed by atoms with Crippen LogP contribution in [0.4, 0.5) is 4.79 Å². The number of nitrogens with one attached hydrogen (secondary N) is 3. The molecule has 1 aliphatic carbocycles. The van der Waals surface area contributed by atoms with Crippen molar-refractivity contribution < 1.29 is 29.0 Å². The van der Waals surface area contributed by atoms with E-state index in [9.17, 15) is 19.2 Å². The number of hydrogen-bond acceptors (Lipinski definition) is 5. The Balaban J connectivity index is 1.43. The molecule has 39 heavy (non-hydrogen) atoms. The highest BCUT2D eigenvalue weighted by Crippen LogP contribution is 2.44. The van der Waals surface area contributed by atoms with Gasteiger partial charge in [0.2, 0.25) is 11.8 Å². The largest absolute Gasteiger partial charge is 0.480 e. The molecule has 4 rings (SSSR count). The molecule has 0 bridgehead atoms. The van der Waals surface area contributed by atoms with Crippen LogP contribution in [0, 0.1) is 0 Å². The standard InChI is InChI=1S/C30H31N3O6/c1-18(27(34)32-19(2)29(36)37)31-28(35)26(16-20-10-4-3-5-11-20)33-30(38)39-17-25-23-14-8-6-12-21(23)22-13-7-9-15-24(22)25/h3-15,18-19,25-26H,16-17H2,1-2H3,(H,31,35)(H,32,34)(H,33,38)(H,36,37)/t18-,19-,26+/m1/s1. The molecule has 3 atom stereocenters. The second-order valence-electron chi connectivity index (χ2n) is 9.51. The molecule has 9 nitrogen and oxygen atoms in total. The van der Waals surface area contributed by atoms with Crippen molar-refractivity contribution in [1.29, 1.82) is 0 Å². The highest BCUT2D eigenvalue weighted by molar-refractivity contribution is 5.92. The number of benzene rings is 3. The number of carbonyl (C=O) groups excluding carboxylic acids is 3. The van der Waals surface area contributed by atoms with Crippen LogP contribution < -0.4 is 16.0 Å². The summed E-state index contributed by atoms with van der Waals surface area (Å²) in [5.74, 6) is -2.58. The molecule has 0 saturated heterocycles. The molecule has 3 aromatic rings. The van der Waals surface area contributed by atoms with Crippen LogP contribution in [-0.2, 0) is 25.5 Å². The lowest BCUT2D eigenvalue weighted by atomic mass is 9.98. The van der Waals surface area contributed by atoms with Crippen molar-refractivity contribution in [1.82, 2.24) is 16.0 Å². The number of aliphatic carboxylic acids is 1. The number of amides is 3. The Bertz CT molecular complexity index is 1310. The lowest BCUT2D eigenvalue weighted by molar-refractivity contribution is -0.141. The Morgan fingerprint density at radius 3 is 1.87 bits per heavy atom. The van der Waals surface area contributed by atoms with Gasteiger partial charge in [-0.3, -0.25) is 14.4 Å². The molecular weight excluding hydrogens is 498 g/mol. The van der Waals surface area contributed by atoms with Crippen LogP contribution in [0.1, 0.15) is 36.5 Å². The smallest absolute Gasteiger partial charge is 0.407 e. The molecule has 4 N–H and O–H groups in total. The lowest BCUT2D eigenvalue weighted by Crippen LogP contribution is -2.55. The van der Waals surface area contributed by atoms with E-state index in [4.69, 9.17) is 9.84 Å². The first-order valence-electron chi connectivity index (χ1n) is 12.7. The molecule has 3 aromatic carbocycles. The monoisotopic (exact) mass is 529 g/mol. The van der Waals surface area contributed by atoms with Gasteiger partial charge in [0.15, 0.2) is 0 Å². The normalized spacial score (nSPS) is 14.2. The highest BCUT2D eigenvalue weighted by atomic mass is 16.5. The summed E-state index contributed by atoms with van der Waals surface area (Å²) in [6.07, 6.45) is -0.596. The van der Waals surface area contributed by atoms with Crippen LogP contribution in [0.15, 0.2) is 78.9 Å². The molecule has 1 aliphatic rings. The molecule has 0 aliphatic heterocycles. The van der Waals surface area contributed by atoms with Crippen LogP contribution in [0.2, 0.25) is 0 Å². The van der Waals surface area contributed by atoms with Gasteiger partial charge in [0.05, 0.1) is 0 Å². The number of fused-ring (bicyclic) bond motifs is 3. The van der Waals surface area contributed by atoms with E-state index < -0.39 is 42.0 Å². The first-order chi connectivity index (χ1) is 18.7. The Kier molecular flexibility index (Phi) is 8.60. The van der Waals surface area contributed by atoms with Crippen LogP contribution in [0.25, 0.3) is 11.1 Å². The summed E-state index contributed by atoms with van der Waals surface area (Å²) in [4.78, 5) is 49.4. The SMILES string of the molecule is C[C@@H](NC(=O)[C@@H](C)NC(=O)[C@H](Cc1ccccc1)NC(=O)OCC1c2ccccc2-c2ccccc21)C(=O)O. The second kappa shape index (κ2) is 12.3. The summed E-state index contributed by atoms with van der Waals surface area (Å²) < 4.78 is 5.61. The average molecular weight is 530 g/mol. The van der Waals surface area contributed by atoms with Gasteiger partial charge < -0.3 is 25.8 Å². The molecule has 0 aromatic heterocycles. The topological polar surface area (TPSA) is 134 Å². The van der Waals surface area contributed by atoms with Gasteiger partial charge in [-0.25, -0.2) is 4.79 Å². The third-order valence-electron chi connectivity index (χ3n) is 6.72. The Hall–Kier alpha value is -4.66. The van der Waals surface area contributed by atoms with Gasteiger partial charge in [-0.05, 0) is 41.7 Å². The fraction of sp³-hybridized carbons (Fsp3) is 0.267. The zero-order chi connectivity index (χ0) is 27.9. The van der Waals surface area contributed by atoms with E-state index in [1.54, 1.807) is 0 Å². The van der Waals surface area contributed by atoms with E-state index in [2.05, 4.69) is 16.0 Å². The minimum atomic E-state index is -1.19. The highest BCUT2D eigenvalue weighted by Gasteiger charge is 2.30. The van der Waals surface area contributed by atoms with Crippen molar-refractivity contribution >= 4 is 23.9 Å². The van der Waals surface area contributed by atoms with E-state index in [1.165, 1.54) is 13.8 Å². The lowest BCUT2D eigenvalue weighted by Gasteiger charge is -2.22. The zero-order valence-corrected chi connectivity index (χ0v) is 21.7. The fourth-order valence-electron chi connectivity index (χ4n) is 4.62. The Morgan fingerprint density at radius 1 is 0.744 bits per heavy atom. The van der Waals surface area contributed by atoms with Gasteiger partial charge >= 0.3 is 12.1 Å². The predicted molar refractivity (Wildman–Crippen MR) is 145 cm³/mol. The van der Waals surface area contributed by atoms with Gasteiger partial charge in [-0.2, -0.15) is 0 Å². The average Bonchev–Trinajstić information content (AvgIpc) is 3.25. The summed E-state index contributed by atoms with van der Waals surface area (Å²) in [6.45, 7) is 2.85. The minimum Gasteiger partial charge on any atom is -0.480 e. The maximum absolute atomic E-state index is 13.1. The number of rotatable bonds is 10. The molecule has 9 heteroatoms.